The Balaban J connectivity index is 1.81. The number of anilines is 1. The summed E-state index contributed by atoms with van der Waals surface area (Å²) >= 11 is 12.7. The van der Waals surface area contributed by atoms with Crippen LogP contribution in [-0.2, 0) is 32.6 Å². The molecule has 1 atom stereocenters. The maximum atomic E-state index is 14.5. The van der Waals surface area contributed by atoms with Gasteiger partial charge in [-0.15, -0.1) is 0 Å². The molecule has 0 unspecified atom stereocenters. The van der Waals surface area contributed by atoms with Crippen molar-refractivity contribution in [3.05, 3.63) is 130 Å². The fourth-order valence-electron chi connectivity index (χ4n) is 4.97. The highest BCUT2D eigenvalue weighted by Gasteiger charge is 2.35. The minimum absolute atomic E-state index is 0.0411. The number of sulfonamides is 1. The molecule has 0 saturated carbocycles. The van der Waals surface area contributed by atoms with Gasteiger partial charge in [0.2, 0.25) is 11.8 Å². The Labute approximate surface area is 275 Å². The maximum absolute atomic E-state index is 14.5. The number of amides is 2. The lowest BCUT2D eigenvalue weighted by atomic mass is 10.0. The number of unbranched alkanes of at least 4 members (excludes halogenated alkanes) is 1. The lowest BCUT2D eigenvalue weighted by Gasteiger charge is -2.34. The number of rotatable bonds is 14. The molecule has 45 heavy (non-hydrogen) atoms. The van der Waals surface area contributed by atoms with Gasteiger partial charge in [-0.05, 0) is 60.4 Å². The van der Waals surface area contributed by atoms with Crippen molar-refractivity contribution >= 4 is 50.7 Å². The second kappa shape index (κ2) is 15.9. The lowest BCUT2D eigenvalue weighted by molar-refractivity contribution is -0.140. The number of aryl methyl sites for hydroxylation is 1. The summed E-state index contributed by atoms with van der Waals surface area (Å²) in [5, 5.41) is 3.74. The SMILES string of the molecule is CCCCNC(=O)[C@@H](Cc1ccccc1)N(Cc1ccc(Cl)cc1Cl)C(=O)CN(c1ccccc1C)S(=O)(=O)c1ccccc1. The summed E-state index contributed by atoms with van der Waals surface area (Å²) in [6.45, 7) is 3.68. The van der Waals surface area contributed by atoms with Crippen LogP contribution < -0.4 is 9.62 Å². The molecule has 4 aromatic carbocycles. The minimum Gasteiger partial charge on any atom is -0.354 e. The van der Waals surface area contributed by atoms with Crippen molar-refractivity contribution in [3.63, 3.8) is 0 Å². The van der Waals surface area contributed by atoms with Crippen LogP contribution in [0.5, 0.6) is 0 Å². The van der Waals surface area contributed by atoms with Crippen LogP contribution in [0.15, 0.2) is 108 Å². The van der Waals surface area contributed by atoms with E-state index in [9.17, 15) is 18.0 Å². The van der Waals surface area contributed by atoms with Gasteiger partial charge in [-0.3, -0.25) is 13.9 Å². The van der Waals surface area contributed by atoms with Gasteiger partial charge in [0.1, 0.15) is 12.6 Å². The summed E-state index contributed by atoms with van der Waals surface area (Å²) < 4.78 is 29.3. The molecule has 0 bridgehead atoms. The van der Waals surface area contributed by atoms with E-state index in [0.717, 1.165) is 22.7 Å². The first kappa shape index (κ1) is 34.0. The lowest BCUT2D eigenvalue weighted by Crippen LogP contribution is -2.53. The van der Waals surface area contributed by atoms with E-state index in [0.29, 0.717) is 33.4 Å². The normalized spacial score (nSPS) is 11.9. The van der Waals surface area contributed by atoms with Gasteiger partial charge in [0.15, 0.2) is 0 Å². The molecule has 1 N–H and O–H groups in total. The molecule has 2 amide bonds. The van der Waals surface area contributed by atoms with E-state index in [1.54, 1.807) is 67.6 Å². The number of carbonyl (C=O) groups excluding carboxylic acids is 2. The van der Waals surface area contributed by atoms with E-state index in [2.05, 4.69) is 5.32 Å². The summed E-state index contributed by atoms with van der Waals surface area (Å²) in [6, 6.07) is 28.4. The third-order valence-electron chi connectivity index (χ3n) is 7.45. The Morgan fingerprint density at radius 1 is 0.867 bits per heavy atom. The van der Waals surface area contributed by atoms with Crippen molar-refractivity contribution in [2.75, 3.05) is 17.4 Å². The number of nitrogens with one attached hydrogen (secondary N) is 1. The highest BCUT2D eigenvalue weighted by Crippen LogP contribution is 2.29. The first-order chi connectivity index (χ1) is 21.6. The van der Waals surface area contributed by atoms with E-state index in [4.69, 9.17) is 23.2 Å². The summed E-state index contributed by atoms with van der Waals surface area (Å²) in [5.41, 5.74) is 2.46. The molecule has 0 aliphatic rings. The number of carbonyl (C=O) groups is 2. The summed E-state index contributed by atoms with van der Waals surface area (Å²) in [6.07, 6.45) is 1.87. The Kier molecular flexibility index (Phi) is 12.0. The summed E-state index contributed by atoms with van der Waals surface area (Å²) in [7, 11) is -4.17. The van der Waals surface area contributed by atoms with E-state index in [1.165, 1.54) is 17.0 Å². The zero-order chi connectivity index (χ0) is 32.4. The molecule has 4 rings (SSSR count). The standard InChI is InChI=1S/C35H37Cl2N3O4S/c1-3-4-21-38-35(42)33(22-27-14-7-5-8-15-27)39(24-28-19-20-29(36)23-31(28)37)34(41)25-40(32-18-12-11-13-26(32)2)45(43,44)30-16-9-6-10-17-30/h5-20,23,33H,3-4,21-22,24-25H2,1-2H3,(H,38,42)/t33-/m1/s1. The maximum Gasteiger partial charge on any atom is 0.264 e. The first-order valence-corrected chi connectivity index (χ1v) is 17.0. The smallest absolute Gasteiger partial charge is 0.264 e. The van der Waals surface area contributed by atoms with Gasteiger partial charge in [-0.1, -0.05) is 109 Å². The van der Waals surface area contributed by atoms with Gasteiger partial charge in [0, 0.05) is 29.6 Å². The van der Waals surface area contributed by atoms with Gasteiger partial charge in [0.05, 0.1) is 10.6 Å². The van der Waals surface area contributed by atoms with E-state index < -0.39 is 28.5 Å². The highest BCUT2D eigenvalue weighted by atomic mass is 35.5. The van der Waals surface area contributed by atoms with Gasteiger partial charge in [0.25, 0.3) is 10.0 Å². The highest BCUT2D eigenvalue weighted by molar-refractivity contribution is 7.92. The van der Waals surface area contributed by atoms with Gasteiger partial charge >= 0.3 is 0 Å². The zero-order valence-corrected chi connectivity index (χ0v) is 27.7. The predicted molar refractivity (Wildman–Crippen MR) is 181 cm³/mol. The van der Waals surface area contributed by atoms with E-state index in [-0.39, 0.29) is 23.8 Å². The average molecular weight is 667 g/mol. The van der Waals surface area contributed by atoms with E-state index in [1.807, 2.05) is 37.3 Å². The van der Waals surface area contributed by atoms with Crippen LogP contribution in [0, 0.1) is 6.92 Å². The van der Waals surface area contributed by atoms with Crippen LogP contribution in [-0.4, -0.2) is 44.3 Å². The molecule has 0 fully saturated rings. The van der Waals surface area contributed by atoms with Crippen molar-refractivity contribution in [2.24, 2.45) is 0 Å². The van der Waals surface area contributed by atoms with Crippen LogP contribution in [0.2, 0.25) is 10.0 Å². The number of hydrogen-bond acceptors (Lipinski definition) is 4. The predicted octanol–water partition coefficient (Wildman–Crippen LogP) is 7.05. The minimum atomic E-state index is -4.17. The topological polar surface area (TPSA) is 86.8 Å². The molecular weight excluding hydrogens is 629 g/mol. The Morgan fingerprint density at radius 2 is 1.51 bits per heavy atom. The average Bonchev–Trinajstić information content (AvgIpc) is 3.03. The van der Waals surface area contributed by atoms with Crippen molar-refractivity contribution in [3.8, 4) is 0 Å². The van der Waals surface area contributed by atoms with Crippen molar-refractivity contribution < 1.29 is 18.0 Å². The van der Waals surface area contributed by atoms with Crippen LogP contribution in [0.3, 0.4) is 0 Å². The quantitative estimate of drug-likeness (QED) is 0.146. The van der Waals surface area contributed by atoms with E-state index >= 15 is 0 Å². The first-order valence-electron chi connectivity index (χ1n) is 14.8. The number of halogens is 2. The molecule has 0 aromatic heterocycles. The Bertz CT molecular complexity index is 1700. The molecule has 10 heteroatoms. The monoisotopic (exact) mass is 665 g/mol. The van der Waals surface area contributed by atoms with Gasteiger partial charge < -0.3 is 10.2 Å². The fourth-order valence-corrected chi connectivity index (χ4v) is 6.94. The third-order valence-corrected chi connectivity index (χ3v) is 9.81. The number of benzene rings is 4. The van der Waals surface area contributed by atoms with Crippen LogP contribution in [0.4, 0.5) is 5.69 Å². The second-order valence-corrected chi connectivity index (χ2v) is 13.4. The second-order valence-electron chi connectivity index (χ2n) is 10.7. The van der Waals surface area contributed by atoms with Crippen molar-refractivity contribution in [2.45, 2.75) is 50.6 Å². The fraction of sp³-hybridized carbons (Fsp3) is 0.257. The molecular formula is C35H37Cl2N3O4S. The Morgan fingerprint density at radius 3 is 2.16 bits per heavy atom. The molecule has 0 aliphatic heterocycles. The largest absolute Gasteiger partial charge is 0.354 e. The van der Waals surface area contributed by atoms with Gasteiger partial charge in [-0.2, -0.15) is 0 Å². The molecule has 0 aliphatic carbocycles. The van der Waals surface area contributed by atoms with Crippen LogP contribution in [0.1, 0.15) is 36.5 Å². The number of hydrogen-bond donors (Lipinski definition) is 1. The molecule has 0 radical (unpaired) electrons. The Hall–Kier alpha value is -3.85. The molecule has 0 saturated heterocycles. The van der Waals surface area contributed by atoms with Gasteiger partial charge in [-0.25, -0.2) is 8.42 Å². The van der Waals surface area contributed by atoms with Crippen LogP contribution >= 0.6 is 23.2 Å². The third kappa shape index (κ3) is 8.87. The molecule has 0 heterocycles. The van der Waals surface area contributed by atoms with Crippen molar-refractivity contribution in [1.29, 1.82) is 0 Å². The number of nitrogens with zero attached hydrogens (tertiary/aromatic N) is 2. The number of para-hydroxylation sites is 1. The summed E-state index contributed by atoms with van der Waals surface area (Å²) in [4.78, 5) is 29.8. The zero-order valence-electron chi connectivity index (χ0n) is 25.3. The van der Waals surface area contributed by atoms with Crippen molar-refractivity contribution in [1.82, 2.24) is 10.2 Å². The molecule has 236 valence electrons. The molecule has 4 aromatic rings. The molecule has 7 nitrogen and oxygen atoms in total. The van der Waals surface area contributed by atoms with Crippen LogP contribution in [0.25, 0.3) is 0 Å². The summed E-state index contributed by atoms with van der Waals surface area (Å²) in [5.74, 6) is -0.894. The molecule has 0 spiro atoms.